The third kappa shape index (κ3) is 9.26. The van der Waals surface area contributed by atoms with Crippen LogP contribution in [0.2, 0.25) is 0 Å². The predicted molar refractivity (Wildman–Crippen MR) is 58.9 cm³/mol. The Hall–Kier alpha value is -1.30. The van der Waals surface area contributed by atoms with Crippen LogP contribution in [0.3, 0.4) is 0 Å². The van der Waals surface area contributed by atoms with Crippen LogP contribution in [0, 0.1) is 0 Å². The molecule has 0 aliphatic carbocycles. The lowest BCUT2D eigenvalue weighted by molar-refractivity contribution is -0.120. The first-order valence-electron chi connectivity index (χ1n) is 5.19. The van der Waals surface area contributed by atoms with Crippen molar-refractivity contribution in [3.8, 4) is 0 Å². The molecule has 0 bridgehead atoms. The van der Waals surface area contributed by atoms with E-state index in [1.54, 1.807) is 20.8 Å². The first-order chi connectivity index (χ1) is 7.35. The lowest BCUT2D eigenvalue weighted by Crippen LogP contribution is -2.40. The van der Waals surface area contributed by atoms with Crippen molar-refractivity contribution in [3.05, 3.63) is 0 Å². The van der Waals surface area contributed by atoms with Crippen LogP contribution in [0.5, 0.6) is 0 Å². The van der Waals surface area contributed by atoms with Gasteiger partial charge in [-0.2, -0.15) is 0 Å². The van der Waals surface area contributed by atoms with Gasteiger partial charge in [-0.25, -0.2) is 4.79 Å². The van der Waals surface area contributed by atoms with Gasteiger partial charge in [0.25, 0.3) is 0 Å². The molecule has 3 N–H and O–H groups in total. The standard InChI is InChI=1S/C10H20N2O4/c1-10(2,3)16-9(15)12-7-8(14)11-5-4-6-13/h13H,4-7H2,1-3H3,(H,11,14)(H,12,15). The minimum Gasteiger partial charge on any atom is -0.444 e. The summed E-state index contributed by atoms with van der Waals surface area (Å²) in [6.45, 7) is 5.53. The topological polar surface area (TPSA) is 87.7 Å². The summed E-state index contributed by atoms with van der Waals surface area (Å²) >= 11 is 0. The molecule has 6 nitrogen and oxygen atoms in total. The van der Waals surface area contributed by atoms with Gasteiger partial charge in [-0.1, -0.05) is 0 Å². The summed E-state index contributed by atoms with van der Waals surface area (Å²) in [4.78, 5) is 22.3. The Bertz CT molecular complexity index is 235. The van der Waals surface area contributed by atoms with E-state index in [0.717, 1.165) is 0 Å². The lowest BCUT2D eigenvalue weighted by Gasteiger charge is -2.19. The Morgan fingerprint density at radius 3 is 2.38 bits per heavy atom. The van der Waals surface area contributed by atoms with E-state index in [4.69, 9.17) is 9.84 Å². The van der Waals surface area contributed by atoms with Crippen molar-refractivity contribution in [2.75, 3.05) is 19.7 Å². The highest BCUT2D eigenvalue weighted by atomic mass is 16.6. The third-order valence-electron chi connectivity index (χ3n) is 1.45. The summed E-state index contributed by atoms with van der Waals surface area (Å²) in [7, 11) is 0. The van der Waals surface area contributed by atoms with Gasteiger partial charge in [-0.3, -0.25) is 4.79 Å². The van der Waals surface area contributed by atoms with Gasteiger partial charge >= 0.3 is 6.09 Å². The molecule has 0 unspecified atom stereocenters. The number of alkyl carbamates (subject to hydrolysis) is 1. The van der Waals surface area contributed by atoms with Gasteiger partial charge in [0.05, 0.1) is 6.54 Å². The number of rotatable bonds is 5. The van der Waals surface area contributed by atoms with Crippen LogP contribution in [0.25, 0.3) is 0 Å². The number of nitrogens with one attached hydrogen (secondary N) is 2. The molecule has 94 valence electrons. The smallest absolute Gasteiger partial charge is 0.408 e. The van der Waals surface area contributed by atoms with Gasteiger partial charge in [0.1, 0.15) is 5.60 Å². The summed E-state index contributed by atoms with van der Waals surface area (Å²) in [5.74, 6) is -0.306. The van der Waals surface area contributed by atoms with Crippen LogP contribution >= 0.6 is 0 Å². The summed E-state index contributed by atoms with van der Waals surface area (Å²) in [6, 6.07) is 0. The summed E-state index contributed by atoms with van der Waals surface area (Å²) in [5.41, 5.74) is -0.572. The maximum Gasteiger partial charge on any atom is 0.408 e. The van der Waals surface area contributed by atoms with Crippen molar-refractivity contribution in [1.82, 2.24) is 10.6 Å². The van der Waals surface area contributed by atoms with Gasteiger partial charge < -0.3 is 20.5 Å². The fourth-order valence-corrected chi connectivity index (χ4v) is 0.836. The normalized spacial score (nSPS) is 10.8. The molecule has 0 spiro atoms. The van der Waals surface area contributed by atoms with E-state index >= 15 is 0 Å². The van der Waals surface area contributed by atoms with Crippen molar-refractivity contribution in [2.45, 2.75) is 32.8 Å². The van der Waals surface area contributed by atoms with E-state index < -0.39 is 11.7 Å². The molecule has 0 aromatic heterocycles. The largest absolute Gasteiger partial charge is 0.444 e. The SMILES string of the molecule is CC(C)(C)OC(=O)NCC(=O)NCCCO. The minimum absolute atomic E-state index is 0.0276. The molecule has 6 heteroatoms. The van der Waals surface area contributed by atoms with Gasteiger partial charge in [-0.05, 0) is 27.2 Å². The van der Waals surface area contributed by atoms with Gasteiger partial charge in [-0.15, -0.1) is 0 Å². The quantitative estimate of drug-likeness (QED) is 0.583. The van der Waals surface area contributed by atoms with Crippen LogP contribution in [-0.4, -0.2) is 42.4 Å². The Morgan fingerprint density at radius 2 is 1.88 bits per heavy atom. The Labute approximate surface area is 95.4 Å². The molecule has 0 aromatic rings. The molecule has 0 saturated carbocycles. The zero-order valence-electron chi connectivity index (χ0n) is 10.0. The first-order valence-corrected chi connectivity index (χ1v) is 5.19. The molecule has 0 fully saturated rings. The van der Waals surface area contributed by atoms with E-state index in [9.17, 15) is 9.59 Å². The van der Waals surface area contributed by atoms with E-state index in [1.165, 1.54) is 0 Å². The average Bonchev–Trinajstić information content (AvgIpc) is 2.12. The van der Waals surface area contributed by atoms with Crippen molar-refractivity contribution < 1.29 is 19.4 Å². The Kier molecular flexibility index (Phi) is 6.48. The second-order valence-corrected chi connectivity index (χ2v) is 4.28. The zero-order valence-corrected chi connectivity index (χ0v) is 10.0. The minimum atomic E-state index is -0.621. The number of aliphatic hydroxyl groups excluding tert-OH is 1. The van der Waals surface area contributed by atoms with Crippen LogP contribution in [0.4, 0.5) is 4.79 Å². The number of amides is 2. The molecular formula is C10H20N2O4. The van der Waals surface area contributed by atoms with Gasteiger partial charge in [0.2, 0.25) is 5.91 Å². The van der Waals surface area contributed by atoms with E-state index in [2.05, 4.69) is 10.6 Å². The molecular weight excluding hydrogens is 212 g/mol. The first kappa shape index (κ1) is 14.7. The fourth-order valence-electron chi connectivity index (χ4n) is 0.836. The molecule has 0 aromatic carbocycles. The predicted octanol–water partition coefficient (Wildman–Crippen LogP) is 0.00970. The second-order valence-electron chi connectivity index (χ2n) is 4.28. The molecule has 0 rings (SSSR count). The molecule has 0 aliphatic rings. The van der Waals surface area contributed by atoms with E-state index in [0.29, 0.717) is 13.0 Å². The Morgan fingerprint density at radius 1 is 1.25 bits per heavy atom. The molecule has 0 radical (unpaired) electrons. The summed E-state index contributed by atoms with van der Waals surface area (Å²) < 4.78 is 4.94. The average molecular weight is 232 g/mol. The second kappa shape index (κ2) is 7.05. The van der Waals surface area contributed by atoms with Crippen molar-refractivity contribution in [3.63, 3.8) is 0 Å². The number of hydrogen-bond acceptors (Lipinski definition) is 4. The van der Waals surface area contributed by atoms with E-state index in [1.807, 2.05) is 0 Å². The van der Waals surface area contributed by atoms with Crippen LogP contribution < -0.4 is 10.6 Å². The van der Waals surface area contributed by atoms with Crippen LogP contribution in [-0.2, 0) is 9.53 Å². The highest BCUT2D eigenvalue weighted by Crippen LogP contribution is 2.05. The number of hydrogen-bond donors (Lipinski definition) is 3. The maximum atomic E-state index is 11.1. The molecule has 0 saturated heterocycles. The molecule has 0 aliphatic heterocycles. The zero-order chi connectivity index (χ0) is 12.6. The monoisotopic (exact) mass is 232 g/mol. The summed E-state index contributed by atoms with van der Waals surface area (Å²) in [6.07, 6.45) is -0.122. The lowest BCUT2D eigenvalue weighted by atomic mass is 10.2. The van der Waals surface area contributed by atoms with Gasteiger partial charge in [0, 0.05) is 13.2 Å². The van der Waals surface area contributed by atoms with Crippen LogP contribution in [0.15, 0.2) is 0 Å². The number of carbonyl (C=O) groups excluding carboxylic acids is 2. The van der Waals surface area contributed by atoms with Crippen LogP contribution in [0.1, 0.15) is 27.2 Å². The van der Waals surface area contributed by atoms with Gasteiger partial charge in [0.15, 0.2) is 0 Å². The highest BCUT2D eigenvalue weighted by Gasteiger charge is 2.16. The molecule has 0 heterocycles. The number of ether oxygens (including phenoxy) is 1. The van der Waals surface area contributed by atoms with Crippen molar-refractivity contribution in [2.24, 2.45) is 0 Å². The van der Waals surface area contributed by atoms with Crippen molar-refractivity contribution >= 4 is 12.0 Å². The number of aliphatic hydroxyl groups is 1. The number of carbonyl (C=O) groups is 2. The highest BCUT2D eigenvalue weighted by molar-refractivity contribution is 5.82. The van der Waals surface area contributed by atoms with E-state index in [-0.39, 0.29) is 19.1 Å². The molecule has 2 amide bonds. The molecule has 16 heavy (non-hydrogen) atoms. The maximum absolute atomic E-state index is 11.1. The molecule has 0 atom stereocenters. The summed E-state index contributed by atoms with van der Waals surface area (Å²) in [5, 5.41) is 13.3. The third-order valence-corrected chi connectivity index (χ3v) is 1.45. The van der Waals surface area contributed by atoms with Crippen molar-refractivity contribution in [1.29, 1.82) is 0 Å². The Balaban J connectivity index is 3.63. The fraction of sp³-hybridized carbons (Fsp3) is 0.800.